The van der Waals surface area contributed by atoms with E-state index in [-0.39, 0.29) is 24.8 Å². The van der Waals surface area contributed by atoms with Gasteiger partial charge in [-0.3, -0.25) is 20.4 Å². The lowest BCUT2D eigenvalue weighted by Gasteiger charge is -2.09. The number of carbonyl (C=O) groups excluding carboxylic acids is 2. The van der Waals surface area contributed by atoms with Gasteiger partial charge in [-0.25, -0.2) is 4.98 Å². The van der Waals surface area contributed by atoms with Crippen molar-refractivity contribution < 1.29 is 14.3 Å². The topological polar surface area (TPSA) is 92.4 Å². The highest BCUT2D eigenvalue weighted by molar-refractivity contribution is 7.18. The molecule has 0 atom stereocenters. The number of para-hydroxylation sites is 1. The zero-order valence-corrected chi connectivity index (χ0v) is 15.6. The number of hydrogen-bond acceptors (Lipinski definition) is 6. The zero-order chi connectivity index (χ0) is 19.1. The molecule has 0 bridgehead atoms. The van der Waals surface area contributed by atoms with Gasteiger partial charge in [-0.15, -0.1) is 11.3 Å². The summed E-state index contributed by atoms with van der Waals surface area (Å²) in [7, 11) is 1.59. The second-order valence-corrected chi connectivity index (χ2v) is 6.87. The molecule has 0 aliphatic carbocycles. The van der Waals surface area contributed by atoms with Crippen LogP contribution in [0.15, 0.2) is 48.5 Å². The molecule has 7 nitrogen and oxygen atoms in total. The van der Waals surface area contributed by atoms with Gasteiger partial charge < -0.3 is 10.1 Å². The molecule has 3 aromatic rings. The fourth-order valence-corrected chi connectivity index (χ4v) is 3.35. The minimum absolute atomic E-state index is 0.0461. The summed E-state index contributed by atoms with van der Waals surface area (Å²) in [5.41, 5.74) is 6.54. The molecule has 8 heteroatoms. The summed E-state index contributed by atoms with van der Waals surface area (Å²) >= 11 is 1.57. The Morgan fingerprint density at radius 2 is 1.78 bits per heavy atom. The molecule has 0 radical (unpaired) electrons. The number of amides is 2. The molecule has 27 heavy (non-hydrogen) atoms. The average molecular weight is 384 g/mol. The lowest BCUT2D eigenvalue weighted by atomic mass is 10.3. The first-order valence-electron chi connectivity index (χ1n) is 8.44. The first kappa shape index (κ1) is 18.7. The van der Waals surface area contributed by atoms with Gasteiger partial charge in [0.2, 0.25) is 5.91 Å². The number of anilines is 1. The summed E-state index contributed by atoms with van der Waals surface area (Å²) in [6, 6.07) is 15.1. The Morgan fingerprint density at radius 3 is 2.52 bits per heavy atom. The number of hydrazine groups is 1. The number of carbonyl (C=O) groups is 2. The predicted octanol–water partition coefficient (Wildman–Crippen LogP) is 2.50. The number of nitrogens with zero attached hydrogens (tertiary/aromatic N) is 1. The molecular weight excluding hydrogens is 364 g/mol. The Morgan fingerprint density at radius 1 is 1.04 bits per heavy atom. The van der Waals surface area contributed by atoms with Crippen LogP contribution in [0.2, 0.25) is 0 Å². The molecule has 0 aliphatic heterocycles. The molecule has 0 unspecified atom stereocenters. The van der Waals surface area contributed by atoms with Crippen molar-refractivity contribution in [1.82, 2.24) is 15.8 Å². The van der Waals surface area contributed by atoms with Gasteiger partial charge in [0, 0.05) is 18.5 Å². The third-order valence-electron chi connectivity index (χ3n) is 3.79. The first-order chi connectivity index (χ1) is 13.1. The van der Waals surface area contributed by atoms with E-state index in [1.165, 1.54) is 0 Å². The molecule has 140 valence electrons. The van der Waals surface area contributed by atoms with Gasteiger partial charge >= 0.3 is 0 Å². The van der Waals surface area contributed by atoms with Crippen LogP contribution < -0.4 is 20.9 Å². The van der Waals surface area contributed by atoms with Gasteiger partial charge in [0.1, 0.15) is 5.75 Å². The van der Waals surface area contributed by atoms with Crippen LogP contribution >= 0.6 is 11.3 Å². The number of fused-ring (bicyclic) bond motifs is 1. The first-order valence-corrected chi connectivity index (χ1v) is 9.26. The van der Waals surface area contributed by atoms with E-state index in [0.29, 0.717) is 6.42 Å². The van der Waals surface area contributed by atoms with Crippen LogP contribution in [0, 0.1) is 0 Å². The molecule has 2 amide bonds. The van der Waals surface area contributed by atoms with Crippen molar-refractivity contribution in [2.24, 2.45) is 0 Å². The number of aryl methyl sites for hydroxylation is 1. The maximum absolute atomic E-state index is 11.9. The summed E-state index contributed by atoms with van der Waals surface area (Å²) in [6.45, 7) is 0.0461. The van der Waals surface area contributed by atoms with Gasteiger partial charge in [-0.05, 0) is 36.4 Å². The van der Waals surface area contributed by atoms with Crippen molar-refractivity contribution in [1.29, 1.82) is 0 Å². The number of benzene rings is 2. The quantitative estimate of drug-likeness (QED) is 0.545. The zero-order valence-electron chi connectivity index (χ0n) is 14.8. The van der Waals surface area contributed by atoms with Crippen molar-refractivity contribution in [3.8, 4) is 5.75 Å². The normalized spacial score (nSPS) is 10.4. The predicted molar refractivity (Wildman–Crippen MR) is 106 cm³/mol. The number of ether oxygens (including phenoxy) is 1. The third kappa shape index (κ3) is 5.42. The maximum atomic E-state index is 11.9. The fraction of sp³-hybridized carbons (Fsp3) is 0.211. The van der Waals surface area contributed by atoms with Gasteiger partial charge in [0.05, 0.1) is 28.9 Å². The molecule has 0 saturated carbocycles. The van der Waals surface area contributed by atoms with E-state index in [1.807, 2.05) is 36.4 Å². The lowest BCUT2D eigenvalue weighted by molar-refractivity contribution is -0.128. The summed E-state index contributed by atoms with van der Waals surface area (Å²) in [4.78, 5) is 28.2. The van der Waals surface area contributed by atoms with E-state index in [0.717, 1.165) is 26.7 Å². The Labute approximate surface area is 160 Å². The second-order valence-electron chi connectivity index (χ2n) is 5.75. The third-order valence-corrected chi connectivity index (χ3v) is 4.88. The molecule has 0 aliphatic rings. The van der Waals surface area contributed by atoms with E-state index < -0.39 is 0 Å². The van der Waals surface area contributed by atoms with Crippen molar-refractivity contribution in [3.63, 3.8) is 0 Å². The van der Waals surface area contributed by atoms with Gasteiger partial charge in [0.15, 0.2) is 0 Å². The Hall–Kier alpha value is -3.13. The highest BCUT2D eigenvalue weighted by Gasteiger charge is 2.08. The SMILES string of the molecule is COc1ccc(NCC(=O)NNC(=O)CCc2nc3ccccc3s2)cc1. The van der Waals surface area contributed by atoms with E-state index in [1.54, 1.807) is 30.6 Å². The van der Waals surface area contributed by atoms with Gasteiger partial charge in [-0.2, -0.15) is 0 Å². The number of thiazole rings is 1. The maximum Gasteiger partial charge on any atom is 0.257 e. The molecule has 0 fully saturated rings. The summed E-state index contributed by atoms with van der Waals surface area (Å²) in [6.07, 6.45) is 0.789. The molecule has 2 aromatic carbocycles. The lowest BCUT2D eigenvalue weighted by Crippen LogP contribution is -2.44. The highest BCUT2D eigenvalue weighted by Crippen LogP contribution is 2.22. The summed E-state index contributed by atoms with van der Waals surface area (Å²) in [5.74, 6) is 0.150. The van der Waals surface area contributed by atoms with Crippen LogP contribution in [-0.2, 0) is 16.0 Å². The van der Waals surface area contributed by atoms with Crippen LogP contribution in [0.25, 0.3) is 10.2 Å². The minimum atomic E-state index is -0.334. The second kappa shape index (κ2) is 9.00. The molecule has 0 saturated heterocycles. The van der Waals surface area contributed by atoms with E-state index in [4.69, 9.17) is 4.74 Å². The number of rotatable bonds is 7. The highest BCUT2D eigenvalue weighted by atomic mass is 32.1. The number of hydrogen-bond donors (Lipinski definition) is 3. The Kier molecular flexibility index (Phi) is 6.22. The monoisotopic (exact) mass is 384 g/mol. The molecule has 1 aromatic heterocycles. The van der Waals surface area contributed by atoms with Crippen LogP contribution in [0.5, 0.6) is 5.75 Å². The van der Waals surface area contributed by atoms with E-state index in [9.17, 15) is 9.59 Å². The number of aromatic nitrogens is 1. The number of methoxy groups -OCH3 is 1. The van der Waals surface area contributed by atoms with Crippen LogP contribution in [0.1, 0.15) is 11.4 Å². The largest absolute Gasteiger partial charge is 0.497 e. The molecule has 3 N–H and O–H groups in total. The molecule has 0 spiro atoms. The van der Waals surface area contributed by atoms with E-state index in [2.05, 4.69) is 21.2 Å². The summed E-state index contributed by atoms with van der Waals surface area (Å²) in [5, 5.41) is 3.87. The van der Waals surface area contributed by atoms with Crippen LogP contribution in [-0.4, -0.2) is 30.5 Å². The van der Waals surface area contributed by atoms with Crippen LogP contribution in [0.4, 0.5) is 5.69 Å². The molecule has 1 heterocycles. The van der Waals surface area contributed by atoms with Gasteiger partial charge in [0.25, 0.3) is 5.91 Å². The number of nitrogens with one attached hydrogen (secondary N) is 3. The Bertz CT molecular complexity index is 891. The molecule has 3 rings (SSSR count). The van der Waals surface area contributed by atoms with Crippen molar-refractivity contribution in [2.45, 2.75) is 12.8 Å². The van der Waals surface area contributed by atoms with Crippen molar-refractivity contribution in [3.05, 3.63) is 53.5 Å². The van der Waals surface area contributed by atoms with Gasteiger partial charge in [-0.1, -0.05) is 12.1 Å². The standard InChI is InChI=1S/C19H20N4O3S/c1-26-14-8-6-13(7-9-14)20-12-18(25)23-22-17(24)10-11-19-21-15-4-2-3-5-16(15)27-19/h2-9,20H,10-12H2,1H3,(H,22,24)(H,23,25). The molecular formula is C19H20N4O3S. The van der Waals surface area contributed by atoms with E-state index >= 15 is 0 Å². The fourth-order valence-electron chi connectivity index (χ4n) is 2.38. The van der Waals surface area contributed by atoms with Crippen molar-refractivity contribution in [2.75, 3.05) is 19.0 Å². The Balaban J connectivity index is 1.37. The van der Waals surface area contributed by atoms with Crippen LogP contribution in [0.3, 0.4) is 0 Å². The smallest absolute Gasteiger partial charge is 0.257 e. The summed E-state index contributed by atoms with van der Waals surface area (Å²) < 4.78 is 6.18. The minimum Gasteiger partial charge on any atom is -0.497 e. The van der Waals surface area contributed by atoms with Crippen molar-refractivity contribution >= 4 is 39.1 Å². The average Bonchev–Trinajstić information content (AvgIpc) is 3.12.